The zero-order valence-corrected chi connectivity index (χ0v) is 21.6. The number of hydrogen-bond donors (Lipinski definition) is 1. The van der Waals surface area contributed by atoms with Crippen LogP contribution in [0.5, 0.6) is 11.5 Å². The van der Waals surface area contributed by atoms with Crippen molar-refractivity contribution >= 4 is 16.1 Å². The molecular formula is C26H36O7S. The van der Waals surface area contributed by atoms with E-state index in [0.29, 0.717) is 17.5 Å². The lowest BCUT2D eigenvalue weighted by Crippen LogP contribution is -2.29. The number of carboxylic acid groups (broad SMARTS) is 1. The van der Waals surface area contributed by atoms with Gasteiger partial charge in [-0.3, -0.25) is 0 Å². The third-order valence-corrected chi connectivity index (χ3v) is 6.54. The maximum Gasteiger partial charge on any atom is 0.333 e. The van der Waals surface area contributed by atoms with Crippen molar-refractivity contribution in [3.05, 3.63) is 58.6 Å². The Balaban J connectivity index is 2.25. The lowest BCUT2D eigenvalue weighted by Gasteiger charge is -2.19. The first kappa shape index (κ1) is 23.2. The predicted octanol–water partition coefficient (Wildman–Crippen LogP) is 4.85. The maximum absolute atomic E-state index is 12.1. The normalized spacial score (nSPS) is 14.9. The van der Waals surface area contributed by atoms with Crippen molar-refractivity contribution in [2.24, 2.45) is 0 Å². The molecule has 2 aromatic carbocycles. The van der Waals surface area contributed by atoms with Gasteiger partial charge < -0.3 is 18.8 Å². The van der Waals surface area contributed by atoms with Gasteiger partial charge in [0.15, 0.2) is 6.10 Å². The van der Waals surface area contributed by atoms with Crippen LogP contribution in [0, 0.1) is 13.8 Å². The van der Waals surface area contributed by atoms with Crippen LogP contribution < -0.4 is 8.92 Å². The SMILES string of the molecule is [2H]c1c([2H])c(OC(C)Cc2ccc(OS(=O)(=O)C(C)C)c(C)c2)c(C)c([2H])c1C[C@H](OC(C)C)C(=O)O. The molecular weight excluding hydrogens is 456 g/mol. The van der Waals surface area contributed by atoms with Crippen LogP contribution >= 0.6 is 0 Å². The molecule has 0 aromatic heterocycles. The fourth-order valence-corrected chi connectivity index (χ4v) is 3.83. The van der Waals surface area contributed by atoms with E-state index in [4.69, 9.17) is 17.8 Å². The van der Waals surface area contributed by atoms with Gasteiger partial charge in [-0.1, -0.05) is 24.2 Å². The molecule has 1 unspecified atom stereocenters. The van der Waals surface area contributed by atoms with E-state index in [9.17, 15) is 18.3 Å². The van der Waals surface area contributed by atoms with Crippen molar-refractivity contribution in [1.29, 1.82) is 0 Å². The van der Waals surface area contributed by atoms with Crippen molar-refractivity contribution in [3.8, 4) is 11.5 Å². The van der Waals surface area contributed by atoms with Gasteiger partial charge in [-0.2, -0.15) is 8.42 Å². The Hall–Kier alpha value is -2.58. The quantitative estimate of drug-likeness (QED) is 0.420. The van der Waals surface area contributed by atoms with Crippen molar-refractivity contribution in [2.75, 3.05) is 0 Å². The van der Waals surface area contributed by atoms with E-state index in [2.05, 4.69) is 0 Å². The van der Waals surface area contributed by atoms with Crippen LogP contribution in [-0.4, -0.2) is 43.1 Å². The first-order chi connectivity index (χ1) is 17.0. The van der Waals surface area contributed by atoms with Gasteiger partial charge in [-0.25, -0.2) is 4.79 Å². The van der Waals surface area contributed by atoms with E-state index in [1.807, 2.05) is 0 Å². The van der Waals surface area contributed by atoms with E-state index in [1.165, 1.54) is 0 Å². The highest BCUT2D eigenvalue weighted by Crippen LogP contribution is 2.25. The highest BCUT2D eigenvalue weighted by atomic mass is 32.2. The largest absolute Gasteiger partial charge is 0.490 e. The minimum absolute atomic E-state index is 0.0504. The van der Waals surface area contributed by atoms with E-state index in [1.54, 1.807) is 66.7 Å². The molecule has 7 nitrogen and oxygen atoms in total. The van der Waals surface area contributed by atoms with E-state index in [0.717, 1.165) is 5.56 Å². The Morgan fingerprint density at radius 3 is 2.24 bits per heavy atom. The molecule has 0 aliphatic rings. The second kappa shape index (κ2) is 11.7. The number of carboxylic acids is 1. The van der Waals surface area contributed by atoms with Gasteiger partial charge in [-0.05, 0) is 82.8 Å². The summed E-state index contributed by atoms with van der Waals surface area (Å²) in [6.45, 7) is 11.6. The van der Waals surface area contributed by atoms with Gasteiger partial charge in [0.05, 0.1) is 21.6 Å². The summed E-state index contributed by atoms with van der Waals surface area (Å²) in [5.41, 5.74) is 1.97. The lowest BCUT2D eigenvalue weighted by atomic mass is 10.0. The second-order valence-electron chi connectivity index (χ2n) is 8.88. The molecule has 0 amide bonds. The molecule has 188 valence electrons. The molecule has 8 heteroatoms. The Morgan fingerprint density at radius 1 is 1.00 bits per heavy atom. The van der Waals surface area contributed by atoms with Crippen LogP contribution in [0.15, 0.2) is 36.3 Å². The molecule has 0 spiro atoms. The topological polar surface area (TPSA) is 99.1 Å². The monoisotopic (exact) mass is 495 g/mol. The summed E-state index contributed by atoms with van der Waals surface area (Å²) in [6.07, 6.45) is -1.80. The van der Waals surface area contributed by atoms with Crippen LogP contribution in [0.2, 0.25) is 0 Å². The highest BCUT2D eigenvalue weighted by Gasteiger charge is 2.21. The van der Waals surface area contributed by atoms with Gasteiger partial charge >= 0.3 is 16.1 Å². The molecule has 0 saturated carbocycles. The molecule has 2 atom stereocenters. The zero-order valence-electron chi connectivity index (χ0n) is 23.8. The van der Waals surface area contributed by atoms with Crippen molar-refractivity contribution in [2.45, 2.75) is 84.9 Å². The molecule has 0 aliphatic carbocycles. The standard InChI is InChI=1S/C26H36O7S/c1-16(2)31-25(26(27)28)15-22-8-10-23(18(5)12-22)32-20(7)14-21-9-11-24(19(6)13-21)33-34(29,30)17(3)4/h8-13,16-17,20,25H,14-15H2,1-7H3,(H,27,28)/t20?,25-/m0/s1/i8D,10D,12D. The molecule has 0 aliphatic heterocycles. The third kappa shape index (κ3) is 8.02. The zero-order chi connectivity index (χ0) is 28.2. The minimum Gasteiger partial charge on any atom is -0.490 e. The van der Waals surface area contributed by atoms with Gasteiger partial charge in [0.1, 0.15) is 11.5 Å². The fourth-order valence-electron chi connectivity index (χ4n) is 3.20. The van der Waals surface area contributed by atoms with Crippen molar-refractivity contribution in [3.63, 3.8) is 0 Å². The summed E-state index contributed by atoms with van der Waals surface area (Å²) in [4.78, 5) is 11.6. The summed E-state index contributed by atoms with van der Waals surface area (Å²) < 4.78 is 66.2. The van der Waals surface area contributed by atoms with Gasteiger partial charge in [0.25, 0.3) is 0 Å². The van der Waals surface area contributed by atoms with E-state index < -0.39 is 33.5 Å². The number of hydrogen-bond acceptors (Lipinski definition) is 6. The van der Waals surface area contributed by atoms with Gasteiger partial charge in [-0.15, -0.1) is 0 Å². The molecule has 2 aromatic rings. The molecule has 0 fully saturated rings. The van der Waals surface area contributed by atoms with Crippen LogP contribution in [0.25, 0.3) is 0 Å². The fraction of sp³-hybridized carbons (Fsp3) is 0.500. The highest BCUT2D eigenvalue weighted by molar-refractivity contribution is 7.87. The summed E-state index contributed by atoms with van der Waals surface area (Å²) in [5.74, 6) is -0.841. The summed E-state index contributed by atoms with van der Waals surface area (Å²) >= 11 is 0. The molecule has 0 bridgehead atoms. The first-order valence-corrected chi connectivity index (χ1v) is 12.7. The molecule has 34 heavy (non-hydrogen) atoms. The van der Waals surface area contributed by atoms with Gasteiger partial charge in [0, 0.05) is 12.8 Å². The number of rotatable bonds is 12. The molecule has 0 saturated heterocycles. The average molecular weight is 496 g/mol. The Kier molecular flexibility index (Phi) is 7.98. The lowest BCUT2D eigenvalue weighted by molar-refractivity contribution is -0.153. The Labute approximate surface area is 207 Å². The second-order valence-corrected chi connectivity index (χ2v) is 11.0. The Bertz CT molecular complexity index is 1210. The van der Waals surface area contributed by atoms with E-state index >= 15 is 0 Å². The number of aliphatic carboxylic acids is 1. The number of benzene rings is 2. The van der Waals surface area contributed by atoms with Crippen molar-refractivity contribution in [1.82, 2.24) is 0 Å². The van der Waals surface area contributed by atoms with Crippen LogP contribution in [-0.2, 0) is 32.5 Å². The summed E-state index contributed by atoms with van der Waals surface area (Å²) in [7, 11) is -3.71. The minimum atomic E-state index is -3.71. The van der Waals surface area contributed by atoms with E-state index in [-0.39, 0.29) is 47.7 Å². The average Bonchev–Trinajstić information content (AvgIpc) is 2.78. The van der Waals surface area contributed by atoms with Crippen LogP contribution in [0.3, 0.4) is 0 Å². The Morgan fingerprint density at radius 2 is 1.68 bits per heavy atom. The summed E-state index contributed by atoms with van der Waals surface area (Å²) in [6, 6.07) is 4.60. The number of ether oxygens (including phenoxy) is 2. The number of aryl methyl sites for hydroxylation is 1. The molecule has 1 N–H and O–H groups in total. The first-order valence-electron chi connectivity index (χ1n) is 12.7. The van der Waals surface area contributed by atoms with Gasteiger partial charge in [0.2, 0.25) is 0 Å². The maximum atomic E-state index is 12.1. The molecule has 2 rings (SSSR count). The molecule has 0 radical (unpaired) electrons. The summed E-state index contributed by atoms with van der Waals surface area (Å²) in [5, 5.41) is 8.81. The predicted molar refractivity (Wildman–Crippen MR) is 132 cm³/mol. The van der Waals surface area contributed by atoms with Crippen LogP contribution in [0.1, 0.15) is 61.0 Å². The van der Waals surface area contributed by atoms with Crippen LogP contribution in [0.4, 0.5) is 0 Å². The third-order valence-electron chi connectivity index (χ3n) is 4.97. The number of carbonyl (C=O) groups is 1. The molecule has 0 heterocycles. The smallest absolute Gasteiger partial charge is 0.333 e. The van der Waals surface area contributed by atoms with Crippen molar-refractivity contribution < 1.29 is 36.1 Å².